The van der Waals surface area contributed by atoms with Gasteiger partial charge in [0.15, 0.2) is 0 Å². The molecule has 1 aliphatic rings. The van der Waals surface area contributed by atoms with Crippen molar-refractivity contribution >= 4 is 17.6 Å². The summed E-state index contributed by atoms with van der Waals surface area (Å²) >= 11 is 1.71. The maximum absolute atomic E-state index is 5.99. The van der Waals surface area contributed by atoms with Gasteiger partial charge in [0.25, 0.3) is 0 Å². The van der Waals surface area contributed by atoms with E-state index in [1.807, 2.05) is 0 Å². The molecule has 1 aromatic rings. The molecule has 1 saturated carbocycles. The van der Waals surface area contributed by atoms with E-state index in [0.29, 0.717) is 12.1 Å². The monoisotopic (exact) mass is 294 g/mol. The average Bonchev–Trinajstić information content (AvgIpc) is 2.44. The van der Waals surface area contributed by atoms with Crippen LogP contribution >= 0.6 is 11.9 Å². The van der Waals surface area contributed by atoms with Gasteiger partial charge in [0.2, 0.25) is 0 Å². The van der Waals surface area contributed by atoms with Gasteiger partial charge in [-0.3, -0.25) is 0 Å². The van der Waals surface area contributed by atoms with Crippen LogP contribution in [0.1, 0.15) is 32.6 Å². The lowest BCUT2D eigenvalue weighted by Crippen LogP contribution is -2.47. The van der Waals surface area contributed by atoms with Crippen LogP contribution in [0.5, 0.6) is 5.75 Å². The maximum Gasteiger partial charge on any atom is 0.119 e. The summed E-state index contributed by atoms with van der Waals surface area (Å²) in [5.74, 6) is 0.986. The molecule has 0 atom stereocenters. The molecular formula is C16H26N2OS. The predicted molar refractivity (Wildman–Crippen MR) is 88.7 cm³/mol. The van der Waals surface area contributed by atoms with Crippen molar-refractivity contribution < 1.29 is 4.74 Å². The van der Waals surface area contributed by atoms with Crippen molar-refractivity contribution in [2.24, 2.45) is 0 Å². The number of hydrogen-bond donors (Lipinski definition) is 1. The molecule has 0 spiro atoms. The van der Waals surface area contributed by atoms with E-state index in [9.17, 15) is 0 Å². The van der Waals surface area contributed by atoms with Gasteiger partial charge in [-0.05, 0) is 50.1 Å². The second-order valence-electron chi connectivity index (χ2n) is 5.39. The Morgan fingerprint density at radius 3 is 2.60 bits per heavy atom. The molecule has 0 aromatic heterocycles. The van der Waals surface area contributed by atoms with Crippen molar-refractivity contribution in [3.8, 4) is 5.75 Å². The van der Waals surface area contributed by atoms with E-state index in [0.717, 1.165) is 25.1 Å². The average molecular weight is 294 g/mol. The molecular weight excluding hydrogens is 268 g/mol. The third kappa shape index (κ3) is 4.32. The lowest BCUT2D eigenvalue weighted by atomic mass is 9.89. The molecule has 1 fully saturated rings. The van der Waals surface area contributed by atoms with Gasteiger partial charge < -0.3 is 14.4 Å². The Kier molecular flexibility index (Phi) is 6.05. The molecule has 20 heavy (non-hydrogen) atoms. The molecule has 0 unspecified atom stereocenters. The molecule has 0 saturated heterocycles. The minimum absolute atomic E-state index is 0.387. The Balaban J connectivity index is 1.70. The Hall–Kier alpha value is -0.870. The Bertz CT molecular complexity index is 390. The number of nitrogens with one attached hydrogen (secondary N) is 1. The summed E-state index contributed by atoms with van der Waals surface area (Å²) in [6.45, 7) is 3.37. The van der Waals surface area contributed by atoms with Crippen LogP contribution in [0.25, 0.3) is 0 Å². The van der Waals surface area contributed by atoms with Crippen molar-refractivity contribution in [1.82, 2.24) is 5.32 Å². The van der Waals surface area contributed by atoms with Gasteiger partial charge in [-0.15, -0.1) is 0 Å². The first-order valence-electron chi connectivity index (χ1n) is 7.51. The third-order valence-corrected chi connectivity index (χ3v) is 4.59. The molecule has 0 radical (unpaired) electrons. The minimum Gasteiger partial charge on any atom is -0.490 e. The number of hydrogen-bond acceptors (Lipinski definition) is 4. The maximum atomic E-state index is 5.99. The van der Waals surface area contributed by atoms with Gasteiger partial charge in [0.05, 0.1) is 0 Å². The summed E-state index contributed by atoms with van der Waals surface area (Å²) < 4.78 is 8.13. The van der Waals surface area contributed by atoms with Gasteiger partial charge in [-0.2, -0.15) is 0 Å². The lowest BCUT2D eigenvalue weighted by Gasteiger charge is -2.36. The van der Waals surface area contributed by atoms with Crippen LogP contribution in [-0.4, -0.2) is 32.0 Å². The standard InChI is InChI=1S/C16H26N2OS/c1-4-5-10-17-13-11-16(12-13)19-15-8-6-14(7-9-15)18(2)20-3/h6-9,13,16-17H,4-5,10-12H2,1-3H3. The van der Waals surface area contributed by atoms with Gasteiger partial charge in [-0.1, -0.05) is 25.3 Å². The van der Waals surface area contributed by atoms with Crippen LogP contribution in [0.15, 0.2) is 24.3 Å². The highest BCUT2D eigenvalue weighted by atomic mass is 32.2. The Morgan fingerprint density at radius 1 is 1.30 bits per heavy atom. The fraction of sp³-hybridized carbons (Fsp3) is 0.625. The summed E-state index contributed by atoms with van der Waals surface area (Å²) in [6, 6.07) is 9.02. The molecule has 1 aromatic carbocycles. The Morgan fingerprint density at radius 2 is 2.00 bits per heavy atom. The van der Waals surface area contributed by atoms with Gasteiger partial charge >= 0.3 is 0 Å². The Labute approximate surface area is 127 Å². The van der Waals surface area contributed by atoms with E-state index in [2.05, 4.69) is 54.1 Å². The van der Waals surface area contributed by atoms with Crippen LogP contribution < -0.4 is 14.4 Å². The second kappa shape index (κ2) is 7.79. The predicted octanol–water partition coefficient (Wildman–Crippen LogP) is 3.70. The fourth-order valence-corrected chi connectivity index (χ4v) is 2.68. The summed E-state index contributed by atoms with van der Waals surface area (Å²) in [7, 11) is 2.07. The summed E-state index contributed by atoms with van der Waals surface area (Å²) in [5.41, 5.74) is 1.21. The zero-order valence-electron chi connectivity index (χ0n) is 12.8. The number of unbranched alkanes of at least 4 members (excludes halogenated alkanes) is 1. The normalized spacial score (nSPS) is 21.4. The third-order valence-electron chi connectivity index (χ3n) is 3.84. The number of benzene rings is 1. The molecule has 3 nitrogen and oxygen atoms in total. The first kappa shape index (κ1) is 15.5. The summed E-state index contributed by atoms with van der Waals surface area (Å²) in [5, 5.41) is 3.58. The molecule has 2 rings (SSSR count). The highest BCUT2D eigenvalue weighted by Crippen LogP contribution is 2.28. The van der Waals surface area contributed by atoms with E-state index >= 15 is 0 Å². The zero-order valence-corrected chi connectivity index (χ0v) is 13.6. The van der Waals surface area contributed by atoms with E-state index in [-0.39, 0.29) is 0 Å². The molecule has 1 N–H and O–H groups in total. The quantitative estimate of drug-likeness (QED) is 0.583. The van der Waals surface area contributed by atoms with Crippen LogP contribution in [0, 0.1) is 0 Å². The molecule has 0 heterocycles. The van der Waals surface area contributed by atoms with E-state index in [1.165, 1.54) is 18.5 Å². The van der Waals surface area contributed by atoms with Crippen LogP contribution in [0.2, 0.25) is 0 Å². The van der Waals surface area contributed by atoms with Gasteiger partial charge in [-0.25, -0.2) is 0 Å². The SMILES string of the molecule is CCCCNC1CC(Oc2ccc(N(C)SC)cc2)C1. The largest absolute Gasteiger partial charge is 0.490 e. The van der Waals surface area contributed by atoms with Crippen LogP contribution in [0.3, 0.4) is 0 Å². The summed E-state index contributed by atoms with van der Waals surface area (Å²) in [6.07, 6.45) is 7.26. The van der Waals surface area contributed by atoms with Gasteiger partial charge in [0, 0.05) is 25.0 Å². The zero-order chi connectivity index (χ0) is 14.4. The first-order valence-corrected chi connectivity index (χ1v) is 8.69. The molecule has 112 valence electrons. The number of rotatable bonds is 8. The van der Waals surface area contributed by atoms with Crippen molar-refractivity contribution in [1.29, 1.82) is 0 Å². The molecule has 1 aliphatic carbocycles. The molecule has 0 amide bonds. The fourth-order valence-electron chi connectivity index (χ4n) is 2.34. The van der Waals surface area contributed by atoms with Crippen molar-refractivity contribution in [2.75, 3.05) is 24.2 Å². The molecule has 4 heteroatoms. The topological polar surface area (TPSA) is 24.5 Å². The van der Waals surface area contributed by atoms with Crippen molar-refractivity contribution in [3.05, 3.63) is 24.3 Å². The van der Waals surface area contributed by atoms with E-state index < -0.39 is 0 Å². The van der Waals surface area contributed by atoms with E-state index in [4.69, 9.17) is 4.74 Å². The number of anilines is 1. The van der Waals surface area contributed by atoms with Crippen molar-refractivity contribution in [3.63, 3.8) is 0 Å². The smallest absolute Gasteiger partial charge is 0.119 e. The van der Waals surface area contributed by atoms with Crippen molar-refractivity contribution in [2.45, 2.75) is 44.8 Å². The van der Waals surface area contributed by atoms with E-state index in [1.54, 1.807) is 11.9 Å². The molecule has 0 bridgehead atoms. The summed E-state index contributed by atoms with van der Waals surface area (Å²) in [4.78, 5) is 0. The minimum atomic E-state index is 0.387. The van der Waals surface area contributed by atoms with Gasteiger partial charge in [0.1, 0.15) is 11.9 Å². The first-order chi connectivity index (χ1) is 9.72. The highest BCUT2D eigenvalue weighted by molar-refractivity contribution is 7.99. The lowest BCUT2D eigenvalue weighted by molar-refractivity contribution is 0.0851. The molecule has 0 aliphatic heterocycles. The highest BCUT2D eigenvalue weighted by Gasteiger charge is 2.30. The number of nitrogens with zero attached hydrogens (tertiary/aromatic N) is 1. The van der Waals surface area contributed by atoms with Crippen LogP contribution in [0.4, 0.5) is 5.69 Å². The number of ether oxygens (including phenoxy) is 1. The second-order valence-corrected chi connectivity index (χ2v) is 6.30. The van der Waals surface area contributed by atoms with Crippen LogP contribution in [-0.2, 0) is 0 Å².